The standard InChI is InChI=1S/C8H10IO/c1-9-7-4-3-5-8(6-7)10-2/h3-6H,1-2H3/q-1. The van der Waals surface area contributed by atoms with Gasteiger partial charge in [-0.15, -0.1) is 0 Å². The average molecular weight is 249 g/mol. The summed E-state index contributed by atoms with van der Waals surface area (Å²) in [5.41, 5.74) is 0. The van der Waals surface area contributed by atoms with Gasteiger partial charge >= 0.3 is 71.6 Å². The van der Waals surface area contributed by atoms with Crippen molar-refractivity contribution in [2.75, 3.05) is 12.0 Å². The van der Waals surface area contributed by atoms with Crippen molar-refractivity contribution in [3.05, 3.63) is 27.8 Å². The molecule has 0 aliphatic rings. The van der Waals surface area contributed by atoms with Gasteiger partial charge in [0.15, 0.2) is 0 Å². The molecule has 0 aromatic heterocycles. The molecule has 0 aliphatic carbocycles. The Labute approximate surface area is 71.7 Å². The Kier molecular flexibility index (Phi) is 2.99. The van der Waals surface area contributed by atoms with Gasteiger partial charge in [-0.05, 0) is 0 Å². The maximum atomic E-state index is 5.07. The van der Waals surface area contributed by atoms with Crippen LogP contribution in [0.2, 0.25) is 0 Å². The summed E-state index contributed by atoms with van der Waals surface area (Å²) in [6.45, 7) is 0. The van der Waals surface area contributed by atoms with Gasteiger partial charge in [-0.1, -0.05) is 0 Å². The van der Waals surface area contributed by atoms with Crippen molar-refractivity contribution >= 4 is 0 Å². The third-order valence-electron chi connectivity index (χ3n) is 1.25. The number of rotatable bonds is 2. The van der Waals surface area contributed by atoms with Crippen LogP contribution >= 0.6 is 0 Å². The van der Waals surface area contributed by atoms with E-state index in [4.69, 9.17) is 4.74 Å². The molecular weight excluding hydrogens is 239 g/mol. The summed E-state index contributed by atoms with van der Waals surface area (Å²) in [7, 11) is 1.70. The van der Waals surface area contributed by atoms with Gasteiger partial charge in [0.1, 0.15) is 0 Å². The van der Waals surface area contributed by atoms with E-state index in [2.05, 4.69) is 17.1 Å². The summed E-state index contributed by atoms with van der Waals surface area (Å²) in [6, 6.07) is 8.27. The van der Waals surface area contributed by atoms with Gasteiger partial charge < -0.3 is 0 Å². The monoisotopic (exact) mass is 249 g/mol. The van der Waals surface area contributed by atoms with Crippen LogP contribution in [0.1, 0.15) is 0 Å². The van der Waals surface area contributed by atoms with Crippen LogP contribution in [0.5, 0.6) is 5.75 Å². The number of benzene rings is 1. The third-order valence-corrected chi connectivity index (χ3v) is 3.17. The first-order chi connectivity index (χ1) is 4.86. The van der Waals surface area contributed by atoms with Crippen molar-refractivity contribution in [2.24, 2.45) is 0 Å². The molecule has 0 atom stereocenters. The molecule has 1 aromatic rings. The molecule has 0 aliphatic heterocycles. The molecule has 1 rings (SSSR count). The SMILES string of the molecule is COc1cccc([I-]C)c1. The molecule has 10 heavy (non-hydrogen) atoms. The second kappa shape index (κ2) is 3.81. The van der Waals surface area contributed by atoms with E-state index in [9.17, 15) is 0 Å². The van der Waals surface area contributed by atoms with Crippen molar-refractivity contribution < 1.29 is 25.9 Å². The van der Waals surface area contributed by atoms with Crippen molar-refractivity contribution in [1.82, 2.24) is 0 Å². The zero-order valence-corrected chi connectivity index (χ0v) is 8.25. The summed E-state index contributed by atoms with van der Waals surface area (Å²) < 4.78 is 6.50. The van der Waals surface area contributed by atoms with Crippen molar-refractivity contribution in [1.29, 1.82) is 0 Å². The molecule has 0 fully saturated rings. The zero-order valence-electron chi connectivity index (χ0n) is 6.10. The summed E-state index contributed by atoms with van der Waals surface area (Å²) >= 11 is 0.206. The number of hydrogen-bond acceptors (Lipinski definition) is 1. The second-order valence-electron chi connectivity index (χ2n) is 1.85. The number of ether oxygens (including phenoxy) is 1. The van der Waals surface area contributed by atoms with Crippen molar-refractivity contribution in [3.8, 4) is 5.75 Å². The van der Waals surface area contributed by atoms with Crippen LogP contribution in [0.15, 0.2) is 24.3 Å². The molecule has 0 saturated heterocycles. The van der Waals surface area contributed by atoms with E-state index in [1.54, 1.807) is 7.11 Å². The number of alkyl halides is 1. The maximum absolute atomic E-state index is 5.07. The van der Waals surface area contributed by atoms with Crippen molar-refractivity contribution in [2.45, 2.75) is 0 Å². The quantitative estimate of drug-likeness (QED) is 0.462. The van der Waals surface area contributed by atoms with Crippen LogP contribution in [-0.4, -0.2) is 12.0 Å². The van der Waals surface area contributed by atoms with Gasteiger partial charge in [0.25, 0.3) is 0 Å². The van der Waals surface area contributed by atoms with Gasteiger partial charge in [-0.3, -0.25) is 0 Å². The van der Waals surface area contributed by atoms with E-state index in [0.717, 1.165) is 5.75 Å². The molecule has 0 bridgehead atoms. The zero-order chi connectivity index (χ0) is 7.40. The summed E-state index contributed by atoms with van der Waals surface area (Å²) in [4.78, 5) is 2.24. The van der Waals surface area contributed by atoms with E-state index >= 15 is 0 Å². The molecule has 0 spiro atoms. The molecule has 0 radical (unpaired) electrons. The van der Waals surface area contributed by atoms with Crippen LogP contribution in [0.4, 0.5) is 0 Å². The Morgan fingerprint density at radius 2 is 2.20 bits per heavy atom. The molecule has 0 amide bonds. The molecule has 0 unspecified atom stereocenters. The minimum absolute atomic E-state index is 0.206. The minimum atomic E-state index is 0.206. The third kappa shape index (κ3) is 1.87. The predicted molar refractivity (Wildman–Crippen MR) is 37.6 cm³/mol. The fraction of sp³-hybridized carbons (Fsp3) is 0.250. The van der Waals surface area contributed by atoms with Crippen LogP contribution in [-0.2, 0) is 0 Å². The fourth-order valence-corrected chi connectivity index (χ4v) is 1.90. The molecule has 2 heteroatoms. The Hall–Kier alpha value is -0.250. The van der Waals surface area contributed by atoms with Gasteiger partial charge in [0.05, 0.1) is 0 Å². The van der Waals surface area contributed by atoms with Crippen LogP contribution in [0, 0.1) is 3.57 Å². The molecule has 0 heterocycles. The van der Waals surface area contributed by atoms with Crippen LogP contribution in [0.3, 0.4) is 0 Å². The second-order valence-corrected chi connectivity index (χ2v) is 4.17. The first kappa shape index (κ1) is 7.85. The van der Waals surface area contributed by atoms with E-state index in [1.807, 2.05) is 12.1 Å². The molecule has 1 aromatic carbocycles. The van der Waals surface area contributed by atoms with Crippen LogP contribution < -0.4 is 25.9 Å². The van der Waals surface area contributed by atoms with E-state index < -0.39 is 0 Å². The normalized spacial score (nSPS) is 9.80. The molecule has 0 N–H and O–H groups in total. The molecule has 0 saturated carbocycles. The number of hydrogen-bond donors (Lipinski definition) is 0. The summed E-state index contributed by atoms with van der Waals surface area (Å²) in [5.74, 6) is 0.971. The average Bonchev–Trinajstić information content (AvgIpc) is 2.05. The van der Waals surface area contributed by atoms with Gasteiger partial charge in [0, 0.05) is 0 Å². The van der Waals surface area contributed by atoms with Crippen molar-refractivity contribution in [3.63, 3.8) is 0 Å². The Morgan fingerprint density at radius 1 is 1.40 bits per heavy atom. The Bertz CT molecular complexity index is 191. The summed E-state index contributed by atoms with van der Waals surface area (Å²) in [6.07, 6.45) is 0. The first-order valence-corrected chi connectivity index (χ1v) is 6.24. The Balaban J connectivity index is 2.87. The van der Waals surface area contributed by atoms with E-state index in [-0.39, 0.29) is 21.2 Å². The summed E-state index contributed by atoms with van der Waals surface area (Å²) in [5, 5.41) is 0. The Morgan fingerprint density at radius 3 is 2.80 bits per heavy atom. The van der Waals surface area contributed by atoms with E-state index in [0.29, 0.717) is 0 Å². The topological polar surface area (TPSA) is 9.23 Å². The predicted octanol–water partition coefficient (Wildman–Crippen LogP) is -1.42. The molecule has 1 nitrogen and oxygen atoms in total. The number of halogens is 1. The first-order valence-electron chi connectivity index (χ1n) is 3.00. The van der Waals surface area contributed by atoms with Crippen LogP contribution in [0.25, 0.3) is 0 Å². The molecular formula is C8H10IO-. The number of methoxy groups -OCH3 is 1. The fourth-order valence-electron chi connectivity index (χ4n) is 0.712. The van der Waals surface area contributed by atoms with Gasteiger partial charge in [-0.25, -0.2) is 0 Å². The molecule has 56 valence electrons. The van der Waals surface area contributed by atoms with Gasteiger partial charge in [0.2, 0.25) is 0 Å². The van der Waals surface area contributed by atoms with E-state index in [1.165, 1.54) is 3.57 Å². The van der Waals surface area contributed by atoms with Gasteiger partial charge in [-0.2, -0.15) is 0 Å².